The van der Waals surface area contributed by atoms with Gasteiger partial charge < -0.3 is 10.3 Å². The Morgan fingerprint density at radius 1 is 1.19 bits per heavy atom. The number of hydrogen-bond acceptors (Lipinski definition) is 8. The molecule has 0 aliphatic heterocycles. The van der Waals surface area contributed by atoms with Gasteiger partial charge in [0.15, 0.2) is 16.6 Å². The van der Waals surface area contributed by atoms with Crippen molar-refractivity contribution in [1.29, 1.82) is 0 Å². The van der Waals surface area contributed by atoms with Gasteiger partial charge >= 0.3 is 0 Å². The van der Waals surface area contributed by atoms with Crippen molar-refractivity contribution in [3.05, 3.63) is 65.2 Å². The van der Waals surface area contributed by atoms with Crippen molar-refractivity contribution in [3.63, 3.8) is 0 Å². The predicted octanol–water partition coefficient (Wildman–Crippen LogP) is 0.882. The monoisotopic (exact) mass is 457 g/mol. The van der Waals surface area contributed by atoms with E-state index in [1.54, 1.807) is 24.4 Å². The Morgan fingerprint density at radius 2 is 1.97 bits per heavy atom. The van der Waals surface area contributed by atoms with Gasteiger partial charge in [0.05, 0.1) is 16.8 Å². The summed E-state index contributed by atoms with van der Waals surface area (Å²) in [5, 5.41) is 12.4. The number of thioether (sulfide) groups is 1. The summed E-state index contributed by atoms with van der Waals surface area (Å²) < 4.78 is 24.0. The molecular formula is C18H15N7O4S2. The third kappa shape index (κ3) is 4.63. The molecule has 3 heterocycles. The zero-order valence-electron chi connectivity index (χ0n) is 15.7. The molecule has 4 N–H and O–H groups in total. The molecule has 4 aromatic rings. The van der Waals surface area contributed by atoms with Gasteiger partial charge in [-0.25, -0.2) is 23.5 Å². The Bertz CT molecular complexity index is 1420. The van der Waals surface area contributed by atoms with Crippen LogP contribution in [0, 0.1) is 0 Å². The lowest BCUT2D eigenvalue weighted by molar-refractivity contribution is -0.113. The normalized spacial score (nSPS) is 11.5. The van der Waals surface area contributed by atoms with E-state index in [1.165, 1.54) is 35.1 Å². The van der Waals surface area contributed by atoms with Crippen molar-refractivity contribution in [3.8, 4) is 5.82 Å². The molecule has 0 aliphatic carbocycles. The second kappa shape index (κ2) is 8.29. The van der Waals surface area contributed by atoms with Gasteiger partial charge in [-0.05, 0) is 36.4 Å². The van der Waals surface area contributed by atoms with Gasteiger partial charge in [-0.1, -0.05) is 17.8 Å². The number of benzene rings is 1. The van der Waals surface area contributed by atoms with Gasteiger partial charge in [0, 0.05) is 11.9 Å². The lowest BCUT2D eigenvalue weighted by Crippen LogP contribution is -2.16. The van der Waals surface area contributed by atoms with Gasteiger partial charge in [-0.15, -0.1) is 0 Å². The summed E-state index contributed by atoms with van der Waals surface area (Å²) in [7, 11) is -3.81. The number of sulfonamides is 1. The maximum absolute atomic E-state index is 12.4. The maximum atomic E-state index is 12.4. The highest BCUT2D eigenvalue weighted by molar-refractivity contribution is 7.99. The molecule has 158 valence electrons. The molecule has 4 rings (SSSR count). The fourth-order valence-corrected chi connectivity index (χ4v) is 3.84. The highest BCUT2D eigenvalue weighted by Crippen LogP contribution is 2.18. The summed E-state index contributed by atoms with van der Waals surface area (Å²) in [5.41, 5.74) is 0.348. The summed E-state index contributed by atoms with van der Waals surface area (Å²) in [6, 6.07) is 10.7. The van der Waals surface area contributed by atoms with Gasteiger partial charge in [-0.2, -0.15) is 9.78 Å². The Labute approximate surface area is 179 Å². The minimum atomic E-state index is -3.81. The molecule has 11 nitrogen and oxygen atoms in total. The summed E-state index contributed by atoms with van der Waals surface area (Å²) in [5.74, 6) is 0.102. The van der Waals surface area contributed by atoms with Crippen LogP contribution in [-0.4, -0.2) is 44.8 Å². The van der Waals surface area contributed by atoms with Crippen molar-refractivity contribution in [2.24, 2.45) is 5.14 Å². The summed E-state index contributed by atoms with van der Waals surface area (Å²) in [6.45, 7) is 0. The minimum Gasteiger partial charge on any atom is -0.325 e. The molecule has 0 saturated heterocycles. The number of anilines is 1. The van der Waals surface area contributed by atoms with Crippen molar-refractivity contribution in [1.82, 2.24) is 24.7 Å². The molecule has 0 radical (unpaired) electrons. The van der Waals surface area contributed by atoms with Crippen molar-refractivity contribution < 1.29 is 13.2 Å². The largest absolute Gasteiger partial charge is 0.325 e. The molecule has 0 bridgehead atoms. The zero-order valence-corrected chi connectivity index (χ0v) is 17.4. The zero-order chi connectivity index (χ0) is 22.0. The smallest absolute Gasteiger partial charge is 0.262 e. The first-order chi connectivity index (χ1) is 14.8. The fraction of sp³-hybridized carbons (Fsp3) is 0.0556. The number of nitrogens with one attached hydrogen (secondary N) is 2. The van der Waals surface area contributed by atoms with Gasteiger partial charge in [0.25, 0.3) is 5.56 Å². The SMILES string of the molecule is NS(=O)(=O)c1ccc(NC(=O)CSc2nc3c(cnn3-c3ccccn3)c(=O)[nH]2)cc1. The molecule has 3 aromatic heterocycles. The van der Waals surface area contributed by atoms with E-state index in [4.69, 9.17) is 5.14 Å². The number of fused-ring (bicyclic) bond motifs is 1. The van der Waals surface area contributed by atoms with Crippen molar-refractivity contribution >= 4 is 44.4 Å². The summed E-state index contributed by atoms with van der Waals surface area (Å²) in [4.78, 5) is 35.7. The average Bonchev–Trinajstić information content (AvgIpc) is 3.17. The van der Waals surface area contributed by atoms with Crippen LogP contribution in [0.5, 0.6) is 0 Å². The molecule has 0 atom stereocenters. The molecule has 0 unspecified atom stereocenters. The van der Waals surface area contributed by atoms with Gasteiger partial charge in [0.1, 0.15) is 5.39 Å². The average molecular weight is 457 g/mol. The number of pyridine rings is 1. The van der Waals surface area contributed by atoms with E-state index in [0.717, 1.165) is 11.8 Å². The second-order valence-electron chi connectivity index (χ2n) is 6.26. The van der Waals surface area contributed by atoms with Crippen molar-refractivity contribution in [2.75, 3.05) is 11.1 Å². The predicted molar refractivity (Wildman–Crippen MR) is 114 cm³/mol. The number of hydrogen-bond donors (Lipinski definition) is 3. The van der Waals surface area contributed by atoms with E-state index in [-0.39, 0.29) is 27.3 Å². The number of carbonyl (C=O) groups excluding carboxylic acids is 1. The highest BCUT2D eigenvalue weighted by atomic mass is 32.2. The van der Waals surface area contributed by atoms with Crippen molar-refractivity contribution in [2.45, 2.75) is 10.1 Å². The minimum absolute atomic E-state index is 0.0386. The summed E-state index contributed by atoms with van der Waals surface area (Å²) >= 11 is 1.04. The van der Waals surface area contributed by atoms with Crippen LogP contribution in [0.3, 0.4) is 0 Å². The number of H-pyrrole nitrogens is 1. The van der Waals surface area contributed by atoms with E-state index >= 15 is 0 Å². The topological polar surface area (TPSA) is 166 Å². The molecule has 1 aromatic carbocycles. The van der Waals surface area contributed by atoms with Crippen LogP contribution < -0.4 is 16.0 Å². The van der Waals surface area contributed by atoms with Gasteiger partial charge in [0.2, 0.25) is 15.9 Å². The highest BCUT2D eigenvalue weighted by Gasteiger charge is 2.14. The van der Waals surface area contributed by atoms with Crippen LogP contribution in [0.4, 0.5) is 5.69 Å². The Kier molecular flexibility index (Phi) is 5.54. The Hall–Kier alpha value is -3.55. The molecule has 0 aliphatic rings. The van der Waals surface area contributed by atoms with E-state index in [0.29, 0.717) is 22.5 Å². The van der Waals surface area contributed by atoms with Crippen LogP contribution in [0.15, 0.2) is 69.7 Å². The lowest BCUT2D eigenvalue weighted by Gasteiger charge is -2.06. The van der Waals surface area contributed by atoms with E-state index in [2.05, 4.69) is 25.4 Å². The molecule has 13 heteroatoms. The number of aromatic nitrogens is 5. The first-order valence-corrected chi connectivity index (χ1v) is 11.3. The van der Waals surface area contributed by atoms with Crippen LogP contribution in [0.2, 0.25) is 0 Å². The molecule has 1 amide bonds. The number of carbonyl (C=O) groups is 1. The Balaban J connectivity index is 1.49. The van der Waals surface area contributed by atoms with Crippen LogP contribution >= 0.6 is 11.8 Å². The number of primary sulfonamides is 1. The second-order valence-corrected chi connectivity index (χ2v) is 8.78. The molecule has 0 saturated carbocycles. The van der Waals surface area contributed by atoms with E-state index in [9.17, 15) is 18.0 Å². The quantitative estimate of drug-likeness (QED) is 0.283. The summed E-state index contributed by atoms with van der Waals surface area (Å²) in [6.07, 6.45) is 3.01. The van der Waals surface area contributed by atoms with Gasteiger partial charge in [-0.3, -0.25) is 9.59 Å². The fourth-order valence-electron chi connectivity index (χ4n) is 2.67. The number of rotatable bonds is 6. The number of nitrogens with two attached hydrogens (primary N) is 1. The number of amides is 1. The van der Waals surface area contributed by atoms with E-state index in [1.807, 2.05) is 0 Å². The molecule has 0 fully saturated rings. The third-order valence-corrected chi connectivity index (χ3v) is 5.89. The first-order valence-electron chi connectivity index (χ1n) is 8.76. The van der Waals surface area contributed by atoms with E-state index < -0.39 is 10.0 Å². The third-order valence-electron chi connectivity index (χ3n) is 4.09. The van der Waals surface area contributed by atoms with Crippen LogP contribution in [-0.2, 0) is 14.8 Å². The number of nitrogens with zero attached hydrogens (tertiary/aromatic N) is 4. The molecular weight excluding hydrogens is 442 g/mol. The number of aromatic amines is 1. The van der Waals surface area contributed by atoms with Crippen LogP contribution in [0.1, 0.15) is 0 Å². The first kappa shape index (κ1) is 20.7. The maximum Gasteiger partial charge on any atom is 0.262 e. The van der Waals surface area contributed by atoms with Crippen LogP contribution in [0.25, 0.3) is 16.9 Å². The molecule has 0 spiro atoms. The molecule has 31 heavy (non-hydrogen) atoms. The lowest BCUT2D eigenvalue weighted by atomic mass is 10.3. The Morgan fingerprint density at radius 3 is 2.65 bits per heavy atom. The standard InChI is InChI=1S/C18H15N7O4S2/c19-31(28,29)12-6-4-11(5-7-12)22-15(26)10-30-18-23-16-13(17(27)24-18)9-21-25(16)14-3-1-2-8-20-14/h1-9H,10H2,(H,22,26)(H2,19,28,29)(H,23,24,27).